The first-order chi connectivity index (χ1) is 8.90. The molecule has 0 aromatic heterocycles. The molecule has 0 bridgehead atoms. The maximum absolute atomic E-state index is 12.9. The number of carbonyl (C=O) groups excluding carboxylic acids is 3. The Balaban J connectivity index is 2.14. The molecule has 5 nitrogen and oxygen atoms in total. The number of nitrogens with one attached hydrogen (secondary N) is 1. The Kier molecular flexibility index (Phi) is 3.33. The fourth-order valence-electron chi connectivity index (χ4n) is 1.99. The van der Waals surface area contributed by atoms with E-state index in [0.717, 1.165) is 4.90 Å². The van der Waals surface area contributed by atoms with Crippen LogP contribution in [0.1, 0.15) is 22.3 Å². The van der Waals surface area contributed by atoms with Crippen LogP contribution in [0.4, 0.5) is 4.39 Å². The van der Waals surface area contributed by atoms with E-state index in [2.05, 4.69) is 5.32 Å². The number of likely N-dealkylation sites (N-methyl/N-ethyl adjacent to an activating group) is 1. The van der Waals surface area contributed by atoms with Gasteiger partial charge < -0.3 is 5.32 Å². The van der Waals surface area contributed by atoms with Gasteiger partial charge in [-0.3, -0.25) is 19.3 Å². The van der Waals surface area contributed by atoms with Crippen LogP contribution in [0.25, 0.3) is 0 Å². The van der Waals surface area contributed by atoms with Gasteiger partial charge >= 0.3 is 0 Å². The molecule has 1 N–H and O–H groups in total. The molecule has 1 unspecified atom stereocenters. The lowest BCUT2D eigenvalue weighted by atomic mass is 10.1. The van der Waals surface area contributed by atoms with Crippen molar-refractivity contribution >= 4 is 17.7 Å². The third kappa shape index (κ3) is 2.47. The molecule has 0 radical (unpaired) electrons. The number of aryl methyl sites for hydroxylation is 1. The molecule has 1 heterocycles. The molecular formula is C13H13FN2O3. The van der Waals surface area contributed by atoms with Crippen molar-refractivity contribution in [3.05, 3.63) is 35.1 Å². The number of imide groups is 1. The summed E-state index contributed by atoms with van der Waals surface area (Å²) < 4.78 is 12.9. The van der Waals surface area contributed by atoms with Crippen LogP contribution >= 0.6 is 0 Å². The highest BCUT2D eigenvalue weighted by atomic mass is 19.1. The van der Waals surface area contributed by atoms with Gasteiger partial charge in [-0.1, -0.05) is 0 Å². The van der Waals surface area contributed by atoms with E-state index in [1.165, 1.54) is 25.2 Å². The number of benzene rings is 1. The topological polar surface area (TPSA) is 66.5 Å². The van der Waals surface area contributed by atoms with Gasteiger partial charge in [-0.25, -0.2) is 4.39 Å². The van der Waals surface area contributed by atoms with E-state index in [4.69, 9.17) is 0 Å². The zero-order valence-corrected chi connectivity index (χ0v) is 10.6. The van der Waals surface area contributed by atoms with Gasteiger partial charge in [0, 0.05) is 12.6 Å². The van der Waals surface area contributed by atoms with Gasteiger partial charge in [-0.2, -0.15) is 0 Å². The number of likely N-dealkylation sites (tertiary alicyclic amines) is 1. The second kappa shape index (κ2) is 4.79. The molecular weight excluding hydrogens is 251 g/mol. The van der Waals surface area contributed by atoms with Crippen molar-refractivity contribution in [1.82, 2.24) is 10.2 Å². The SMILES string of the molecule is Cc1cc(F)ccc1C(=O)NC1CC(=O)N(C)C1=O. The highest BCUT2D eigenvalue weighted by Crippen LogP contribution is 2.14. The maximum atomic E-state index is 12.9. The summed E-state index contributed by atoms with van der Waals surface area (Å²) in [6.45, 7) is 1.60. The standard InChI is InChI=1S/C13H13FN2O3/c1-7-5-8(14)3-4-9(7)12(18)15-10-6-11(17)16(2)13(10)19/h3-5,10H,6H2,1-2H3,(H,15,18). The molecule has 1 saturated heterocycles. The molecule has 1 fully saturated rings. The molecule has 100 valence electrons. The first-order valence-corrected chi connectivity index (χ1v) is 5.77. The van der Waals surface area contributed by atoms with E-state index in [1.54, 1.807) is 6.92 Å². The molecule has 1 aromatic carbocycles. The van der Waals surface area contributed by atoms with Gasteiger partial charge in [0.05, 0.1) is 6.42 Å². The Morgan fingerprint density at radius 2 is 2.11 bits per heavy atom. The van der Waals surface area contributed by atoms with Crippen molar-refractivity contribution in [1.29, 1.82) is 0 Å². The zero-order valence-electron chi connectivity index (χ0n) is 10.6. The smallest absolute Gasteiger partial charge is 0.252 e. The fourth-order valence-corrected chi connectivity index (χ4v) is 1.99. The summed E-state index contributed by atoms with van der Waals surface area (Å²) in [6.07, 6.45) is -0.0404. The largest absolute Gasteiger partial charge is 0.340 e. The number of nitrogens with zero attached hydrogens (tertiary/aromatic N) is 1. The molecule has 0 spiro atoms. The van der Waals surface area contributed by atoms with Crippen molar-refractivity contribution in [3.63, 3.8) is 0 Å². The predicted octanol–water partition coefficient (Wildman–Crippen LogP) is 0.621. The number of halogens is 1. The molecule has 1 atom stereocenters. The minimum Gasteiger partial charge on any atom is -0.340 e. The van der Waals surface area contributed by atoms with Crippen LogP contribution in [0.2, 0.25) is 0 Å². The van der Waals surface area contributed by atoms with E-state index in [1.807, 2.05) is 0 Å². The summed E-state index contributed by atoms with van der Waals surface area (Å²) >= 11 is 0. The van der Waals surface area contributed by atoms with Gasteiger partial charge in [-0.05, 0) is 30.7 Å². The number of amides is 3. The Hall–Kier alpha value is -2.24. The van der Waals surface area contributed by atoms with Gasteiger partial charge in [0.1, 0.15) is 11.9 Å². The van der Waals surface area contributed by atoms with Gasteiger partial charge in [0.15, 0.2) is 0 Å². The van der Waals surface area contributed by atoms with Crippen molar-refractivity contribution in [3.8, 4) is 0 Å². The Labute approximate surface area is 109 Å². The number of hydrogen-bond donors (Lipinski definition) is 1. The lowest BCUT2D eigenvalue weighted by Gasteiger charge is -2.12. The summed E-state index contributed by atoms with van der Waals surface area (Å²) in [5, 5.41) is 2.49. The van der Waals surface area contributed by atoms with Crippen molar-refractivity contribution in [2.24, 2.45) is 0 Å². The molecule has 0 aliphatic carbocycles. The van der Waals surface area contributed by atoms with Crippen molar-refractivity contribution in [2.45, 2.75) is 19.4 Å². The average molecular weight is 264 g/mol. The second-order valence-electron chi connectivity index (χ2n) is 4.48. The van der Waals surface area contributed by atoms with Crippen LogP contribution in [-0.4, -0.2) is 35.7 Å². The molecule has 1 aromatic rings. The minimum absolute atomic E-state index is 0.0404. The Morgan fingerprint density at radius 1 is 1.42 bits per heavy atom. The van der Waals surface area contributed by atoms with E-state index in [0.29, 0.717) is 5.56 Å². The predicted molar refractivity (Wildman–Crippen MR) is 64.8 cm³/mol. The van der Waals surface area contributed by atoms with Crippen molar-refractivity contribution < 1.29 is 18.8 Å². The molecule has 3 amide bonds. The number of carbonyl (C=O) groups is 3. The van der Waals surface area contributed by atoms with Crippen LogP contribution in [0, 0.1) is 12.7 Å². The summed E-state index contributed by atoms with van der Waals surface area (Å²) in [5.41, 5.74) is 0.763. The fraction of sp³-hybridized carbons (Fsp3) is 0.308. The summed E-state index contributed by atoms with van der Waals surface area (Å²) in [5.74, 6) is -1.68. The third-order valence-electron chi connectivity index (χ3n) is 3.12. The normalized spacial score (nSPS) is 18.9. The van der Waals surface area contributed by atoms with Gasteiger partial charge in [-0.15, -0.1) is 0 Å². The van der Waals surface area contributed by atoms with Crippen LogP contribution in [0.15, 0.2) is 18.2 Å². The molecule has 1 aliphatic heterocycles. The average Bonchev–Trinajstić information content (AvgIpc) is 2.57. The molecule has 2 rings (SSSR count). The van der Waals surface area contributed by atoms with E-state index in [9.17, 15) is 18.8 Å². The highest BCUT2D eigenvalue weighted by molar-refractivity contribution is 6.08. The van der Waals surface area contributed by atoms with Crippen molar-refractivity contribution in [2.75, 3.05) is 7.05 Å². The Bertz CT molecular complexity index is 571. The highest BCUT2D eigenvalue weighted by Gasteiger charge is 2.37. The zero-order chi connectivity index (χ0) is 14.2. The maximum Gasteiger partial charge on any atom is 0.252 e. The lowest BCUT2D eigenvalue weighted by molar-refractivity contribution is -0.137. The molecule has 6 heteroatoms. The van der Waals surface area contributed by atoms with Crippen LogP contribution in [-0.2, 0) is 9.59 Å². The molecule has 0 saturated carbocycles. The minimum atomic E-state index is -0.838. The van der Waals surface area contributed by atoms with Gasteiger partial charge in [0.2, 0.25) is 5.91 Å². The van der Waals surface area contributed by atoms with Crippen LogP contribution in [0.5, 0.6) is 0 Å². The molecule has 1 aliphatic rings. The summed E-state index contributed by atoms with van der Waals surface area (Å²) in [6, 6.07) is 2.93. The number of hydrogen-bond acceptors (Lipinski definition) is 3. The Morgan fingerprint density at radius 3 is 2.63 bits per heavy atom. The van der Waals surface area contributed by atoms with Gasteiger partial charge in [0.25, 0.3) is 11.8 Å². The first-order valence-electron chi connectivity index (χ1n) is 5.77. The molecule has 19 heavy (non-hydrogen) atoms. The van der Waals surface area contributed by atoms with Crippen LogP contribution in [0.3, 0.4) is 0 Å². The first kappa shape index (κ1) is 13.2. The third-order valence-corrected chi connectivity index (χ3v) is 3.12. The van der Waals surface area contributed by atoms with E-state index in [-0.39, 0.29) is 17.9 Å². The van der Waals surface area contributed by atoms with E-state index >= 15 is 0 Å². The summed E-state index contributed by atoms with van der Waals surface area (Å²) in [7, 11) is 1.37. The van der Waals surface area contributed by atoms with E-state index < -0.39 is 23.7 Å². The summed E-state index contributed by atoms with van der Waals surface area (Å²) in [4.78, 5) is 35.9. The monoisotopic (exact) mass is 264 g/mol. The lowest BCUT2D eigenvalue weighted by Crippen LogP contribution is -2.40. The quantitative estimate of drug-likeness (QED) is 0.796. The van der Waals surface area contributed by atoms with Crippen LogP contribution < -0.4 is 5.32 Å². The number of rotatable bonds is 2. The second-order valence-corrected chi connectivity index (χ2v) is 4.48.